The molecule has 2 fully saturated rings. The molecule has 1 saturated heterocycles. The molecule has 0 aromatic heterocycles. The number of amidine groups is 1. The maximum absolute atomic E-state index is 14.4. The van der Waals surface area contributed by atoms with Gasteiger partial charge in [-0.2, -0.15) is 5.10 Å². The van der Waals surface area contributed by atoms with Crippen LogP contribution in [0.15, 0.2) is 27.8 Å². The maximum Gasteiger partial charge on any atom is 0.177 e. The van der Waals surface area contributed by atoms with Gasteiger partial charge in [0.2, 0.25) is 0 Å². The molecule has 6 nitrogen and oxygen atoms in total. The largest absolute Gasteiger partial charge is 0.301 e. The Balaban J connectivity index is 1.47. The number of carbonyl (C=O) groups is 2. The van der Waals surface area contributed by atoms with Crippen LogP contribution < -0.4 is 10.3 Å². The number of nitrogens with zero attached hydrogens (tertiary/aromatic N) is 3. The Morgan fingerprint density at radius 2 is 2.12 bits per heavy atom. The number of halogens is 2. The van der Waals surface area contributed by atoms with Gasteiger partial charge in [-0.1, -0.05) is 15.9 Å². The normalized spacial score (nSPS) is 25.1. The van der Waals surface area contributed by atoms with Gasteiger partial charge < -0.3 is 4.79 Å². The average molecular weight is 409 g/mol. The molecule has 1 N–H and O–H groups in total. The lowest BCUT2D eigenvalue weighted by atomic mass is 9.92. The number of nitrogens with one attached hydrogen (secondary N) is 1. The summed E-state index contributed by atoms with van der Waals surface area (Å²) in [6.07, 6.45) is 3.59. The molecule has 4 rings (SSSR count). The molecule has 1 unspecified atom stereocenters. The first kappa shape index (κ1) is 16.7. The number of rotatable bonds is 6. The zero-order valence-electron chi connectivity index (χ0n) is 13.5. The predicted octanol–water partition coefficient (Wildman–Crippen LogP) is 1.89. The summed E-state index contributed by atoms with van der Waals surface area (Å²) in [6, 6.07) is 4.75. The van der Waals surface area contributed by atoms with Crippen LogP contribution in [-0.2, 0) is 9.59 Å². The van der Waals surface area contributed by atoms with E-state index in [4.69, 9.17) is 0 Å². The van der Waals surface area contributed by atoms with Crippen LogP contribution in [0.25, 0.3) is 0 Å². The molecule has 2 aliphatic heterocycles. The third-order valence-electron chi connectivity index (χ3n) is 5.22. The molecule has 25 heavy (non-hydrogen) atoms. The highest BCUT2D eigenvalue weighted by Gasteiger charge is 2.52. The van der Waals surface area contributed by atoms with Gasteiger partial charge in [-0.25, -0.2) is 4.39 Å². The molecular weight excluding hydrogens is 391 g/mol. The lowest BCUT2D eigenvalue weighted by molar-refractivity contribution is -0.116. The number of carbonyl (C=O) groups excluding carboxylic acids is 2. The van der Waals surface area contributed by atoms with Crippen LogP contribution in [0.1, 0.15) is 19.3 Å². The summed E-state index contributed by atoms with van der Waals surface area (Å²) in [5.74, 6) is 0.592. The van der Waals surface area contributed by atoms with Gasteiger partial charge in [0.05, 0.1) is 11.2 Å². The number of likely N-dealkylation sites (tertiary alicyclic amines) is 1. The van der Waals surface area contributed by atoms with Crippen molar-refractivity contribution in [3.05, 3.63) is 28.5 Å². The van der Waals surface area contributed by atoms with Gasteiger partial charge in [-0.3, -0.25) is 20.0 Å². The van der Waals surface area contributed by atoms with E-state index in [1.165, 1.54) is 6.07 Å². The van der Waals surface area contributed by atoms with E-state index in [0.29, 0.717) is 28.3 Å². The van der Waals surface area contributed by atoms with E-state index >= 15 is 0 Å². The molecule has 2 heterocycles. The van der Waals surface area contributed by atoms with E-state index in [1.807, 2.05) is 0 Å². The number of benzene rings is 1. The predicted molar refractivity (Wildman–Crippen MR) is 94.7 cm³/mol. The van der Waals surface area contributed by atoms with Crippen LogP contribution in [0, 0.1) is 11.7 Å². The maximum atomic E-state index is 14.4. The zero-order valence-corrected chi connectivity index (χ0v) is 15.1. The summed E-state index contributed by atoms with van der Waals surface area (Å²) >= 11 is 3.24. The molecule has 1 saturated carbocycles. The Labute approximate surface area is 153 Å². The van der Waals surface area contributed by atoms with E-state index in [1.54, 1.807) is 17.0 Å². The highest BCUT2D eigenvalue weighted by Crippen LogP contribution is 2.44. The number of anilines is 1. The first-order valence-electron chi connectivity index (χ1n) is 8.29. The minimum Gasteiger partial charge on any atom is -0.301 e. The third-order valence-corrected chi connectivity index (χ3v) is 5.71. The molecule has 132 valence electrons. The standard InChI is InChI=1S/C17H18BrFN4O2/c18-12-1-2-14(13(19)6-12)23-15(20-21-16(23)9-24)5-11-7-22(8-11)17(10-25)3-4-17/h1-2,6,9-11,16,21H,3-5,7-8H2. The average Bonchev–Trinajstić information content (AvgIpc) is 3.25. The van der Waals surface area contributed by atoms with E-state index in [2.05, 4.69) is 31.4 Å². The van der Waals surface area contributed by atoms with Crippen molar-refractivity contribution < 1.29 is 14.0 Å². The quantitative estimate of drug-likeness (QED) is 0.728. The molecule has 0 radical (unpaired) electrons. The first-order valence-corrected chi connectivity index (χ1v) is 9.09. The minimum absolute atomic E-state index is 0.227. The summed E-state index contributed by atoms with van der Waals surface area (Å²) in [6.45, 7) is 1.67. The van der Waals surface area contributed by atoms with Crippen molar-refractivity contribution in [2.75, 3.05) is 18.0 Å². The molecule has 0 spiro atoms. The Morgan fingerprint density at radius 3 is 2.72 bits per heavy atom. The zero-order chi connectivity index (χ0) is 17.6. The van der Waals surface area contributed by atoms with Crippen molar-refractivity contribution in [3.63, 3.8) is 0 Å². The molecular formula is C17H18BrFN4O2. The van der Waals surface area contributed by atoms with Crippen molar-refractivity contribution in [2.45, 2.75) is 31.0 Å². The van der Waals surface area contributed by atoms with Gasteiger partial charge in [-0.05, 0) is 37.0 Å². The topological polar surface area (TPSA) is 65.0 Å². The highest BCUT2D eigenvalue weighted by atomic mass is 79.9. The molecule has 8 heteroatoms. The first-order chi connectivity index (χ1) is 12.1. The lowest BCUT2D eigenvalue weighted by Gasteiger charge is -2.43. The van der Waals surface area contributed by atoms with Gasteiger partial charge in [0.25, 0.3) is 0 Å². The molecule has 0 bridgehead atoms. The van der Waals surface area contributed by atoms with E-state index in [0.717, 1.165) is 38.5 Å². The number of hydrogen-bond acceptors (Lipinski definition) is 6. The summed E-state index contributed by atoms with van der Waals surface area (Å²) in [4.78, 5) is 26.4. The second-order valence-electron chi connectivity index (χ2n) is 6.90. The molecule has 1 atom stereocenters. The molecule has 1 aliphatic carbocycles. The number of aldehydes is 2. The van der Waals surface area contributed by atoms with Crippen molar-refractivity contribution in [1.82, 2.24) is 10.3 Å². The second-order valence-corrected chi connectivity index (χ2v) is 7.82. The molecule has 1 aromatic carbocycles. The third kappa shape index (κ3) is 2.87. The number of hydrogen-bond donors (Lipinski definition) is 1. The fraction of sp³-hybridized carbons (Fsp3) is 0.471. The van der Waals surface area contributed by atoms with Gasteiger partial charge in [-0.15, -0.1) is 0 Å². The monoisotopic (exact) mass is 408 g/mol. The van der Waals surface area contributed by atoms with Gasteiger partial charge in [0, 0.05) is 24.0 Å². The van der Waals surface area contributed by atoms with Crippen LogP contribution in [0.4, 0.5) is 10.1 Å². The Morgan fingerprint density at radius 1 is 1.36 bits per heavy atom. The molecule has 1 aromatic rings. The Kier molecular flexibility index (Phi) is 4.11. The fourth-order valence-electron chi connectivity index (χ4n) is 3.57. The van der Waals surface area contributed by atoms with Crippen LogP contribution in [0.5, 0.6) is 0 Å². The van der Waals surface area contributed by atoms with E-state index in [-0.39, 0.29) is 5.54 Å². The van der Waals surface area contributed by atoms with Crippen molar-refractivity contribution >= 4 is 40.0 Å². The smallest absolute Gasteiger partial charge is 0.177 e. The van der Waals surface area contributed by atoms with Crippen molar-refractivity contribution in [3.8, 4) is 0 Å². The summed E-state index contributed by atoms with van der Waals surface area (Å²) in [7, 11) is 0. The molecule has 0 amide bonds. The van der Waals surface area contributed by atoms with Gasteiger partial charge in [0.1, 0.15) is 17.9 Å². The summed E-state index contributed by atoms with van der Waals surface area (Å²) in [5.41, 5.74) is 2.86. The van der Waals surface area contributed by atoms with Crippen LogP contribution >= 0.6 is 15.9 Å². The van der Waals surface area contributed by atoms with Gasteiger partial charge >= 0.3 is 0 Å². The van der Waals surface area contributed by atoms with Gasteiger partial charge in [0.15, 0.2) is 12.5 Å². The second kappa shape index (κ2) is 6.17. The minimum atomic E-state index is -0.702. The van der Waals surface area contributed by atoms with Crippen LogP contribution in [0.3, 0.4) is 0 Å². The summed E-state index contributed by atoms with van der Waals surface area (Å²) < 4.78 is 15.0. The van der Waals surface area contributed by atoms with Crippen LogP contribution in [0.2, 0.25) is 0 Å². The lowest BCUT2D eigenvalue weighted by Crippen LogP contribution is -2.55. The molecule has 3 aliphatic rings. The fourth-order valence-corrected chi connectivity index (χ4v) is 3.90. The van der Waals surface area contributed by atoms with Crippen molar-refractivity contribution in [1.29, 1.82) is 0 Å². The van der Waals surface area contributed by atoms with Crippen molar-refractivity contribution in [2.24, 2.45) is 11.0 Å². The number of hydrazone groups is 1. The summed E-state index contributed by atoms with van der Waals surface area (Å²) in [5, 5.41) is 4.25. The SMILES string of the molecule is O=CC1NN=C(CC2CN(C3(C=O)CC3)C2)N1c1ccc(Br)cc1F. The Hall–Kier alpha value is -1.80. The van der Waals surface area contributed by atoms with E-state index in [9.17, 15) is 14.0 Å². The van der Waals surface area contributed by atoms with Crippen LogP contribution in [-0.4, -0.2) is 48.1 Å². The highest BCUT2D eigenvalue weighted by molar-refractivity contribution is 9.10. The van der Waals surface area contributed by atoms with E-state index < -0.39 is 12.0 Å². The Bertz CT molecular complexity index is 746.